The van der Waals surface area contributed by atoms with Crippen LogP contribution in [0.1, 0.15) is 47.9 Å². The normalized spacial score (nSPS) is 13.8. The Morgan fingerprint density at radius 3 is 1.79 bits per heavy atom. The fraction of sp³-hybridized carbons (Fsp3) is 0.182. The molecule has 0 saturated heterocycles. The number of hydrogen-bond donors (Lipinski definition) is 3. The van der Waals surface area contributed by atoms with Gasteiger partial charge in [-0.15, -0.1) is 0 Å². The molecule has 3 rings (SSSR count). The van der Waals surface area contributed by atoms with Gasteiger partial charge < -0.3 is 10.2 Å². The molecule has 3 aromatic carbocycles. The van der Waals surface area contributed by atoms with E-state index >= 15 is 0 Å². The summed E-state index contributed by atoms with van der Waals surface area (Å²) in [5, 5.41) is 20.0. The van der Waals surface area contributed by atoms with Crippen LogP contribution in [0.25, 0.3) is 0 Å². The SMILES string of the molecule is CC(c1ccccc1)c1ccc(C(C)c2cc(S(=O)(=O)O)cc(O)c2O)cc1. The smallest absolute Gasteiger partial charge is 0.294 e. The zero-order valence-corrected chi connectivity index (χ0v) is 16.4. The van der Waals surface area contributed by atoms with E-state index in [1.807, 2.05) is 42.5 Å². The Labute approximate surface area is 164 Å². The lowest BCUT2D eigenvalue weighted by Crippen LogP contribution is -2.03. The summed E-state index contributed by atoms with van der Waals surface area (Å²) in [5.74, 6) is -1.17. The molecule has 0 aliphatic rings. The van der Waals surface area contributed by atoms with Crippen LogP contribution in [0.2, 0.25) is 0 Å². The first-order chi connectivity index (χ1) is 13.2. The molecule has 0 bridgehead atoms. The molecule has 6 heteroatoms. The summed E-state index contributed by atoms with van der Waals surface area (Å²) in [7, 11) is -4.50. The summed E-state index contributed by atoms with van der Waals surface area (Å²) in [6, 6.07) is 19.9. The minimum atomic E-state index is -4.50. The summed E-state index contributed by atoms with van der Waals surface area (Å²) < 4.78 is 32.1. The van der Waals surface area contributed by atoms with Crippen molar-refractivity contribution in [3.63, 3.8) is 0 Å². The molecule has 3 aromatic rings. The van der Waals surface area contributed by atoms with Crippen LogP contribution < -0.4 is 0 Å². The first kappa shape index (κ1) is 19.9. The van der Waals surface area contributed by atoms with Crippen molar-refractivity contribution in [3.8, 4) is 11.5 Å². The van der Waals surface area contributed by atoms with Gasteiger partial charge in [0.05, 0.1) is 4.90 Å². The molecule has 0 aliphatic carbocycles. The van der Waals surface area contributed by atoms with Crippen molar-refractivity contribution in [2.45, 2.75) is 30.6 Å². The Kier molecular flexibility index (Phi) is 5.45. The molecular formula is C22H22O5S. The number of rotatable bonds is 5. The number of phenolic OH excluding ortho intramolecular Hbond substituents is 2. The molecule has 0 aromatic heterocycles. The van der Waals surface area contributed by atoms with Gasteiger partial charge in [-0.05, 0) is 22.8 Å². The molecule has 0 spiro atoms. The van der Waals surface area contributed by atoms with E-state index in [9.17, 15) is 23.2 Å². The summed E-state index contributed by atoms with van der Waals surface area (Å²) in [6.07, 6.45) is 0. The Morgan fingerprint density at radius 1 is 0.750 bits per heavy atom. The Hall–Kier alpha value is -2.83. The molecule has 0 aliphatic heterocycles. The average molecular weight is 398 g/mol. The second-order valence-electron chi connectivity index (χ2n) is 6.88. The lowest BCUT2D eigenvalue weighted by molar-refractivity contribution is 0.395. The van der Waals surface area contributed by atoms with Crippen LogP contribution in [0.4, 0.5) is 0 Å². The Bertz CT molecular complexity index is 1070. The predicted octanol–water partition coefficient (Wildman–Crippen LogP) is 4.65. The number of benzene rings is 3. The molecule has 3 N–H and O–H groups in total. The predicted molar refractivity (Wildman–Crippen MR) is 108 cm³/mol. The van der Waals surface area contributed by atoms with E-state index in [0.29, 0.717) is 0 Å². The van der Waals surface area contributed by atoms with Gasteiger partial charge >= 0.3 is 0 Å². The highest BCUT2D eigenvalue weighted by molar-refractivity contribution is 7.85. The van der Waals surface area contributed by atoms with Gasteiger partial charge in [0.1, 0.15) is 0 Å². The first-order valence-corrected chi connectivity index (χ1v) is 10.3. The molecule has 0 radical (unpaired) electrons. The van der Waals surface area contributed by atoms with Crippen molar-refractivity contribution >= 4 is 10.1 Å². The van der Waals surface area contributed by atoms with Gasteiger partial charge in [0, 0.05) is 23.5 Å². The Morgan fingerprint density at radius 2 is 1.25 bits per heavy atom. The van der Waals surface area contributed by atoms with Crippen molar-refractivity contribution in [2.24, 2.45) is 0 Å². The van der Waals surface area contributed by atoms with Crippen LogP contribution in [0.15, 0.2) is 71.6 Å². The zero-order valence-electron chi connectivity index (χ0n) is 15.6. The Balaban J connectivity index is 1.94. The van der Waals surface area contributed by atoms with E-state index in [4.69, 9.17) is 0 Å². The highest BCUT2D eigenvalue weighted by Gasteiger charge is 2.21. The molecule has 2 unspecified atom stereocenters. The lowest BCUT2D eigenvalue weighted by atomic mass is 9.88. The maximum atomic E-state index is 11.4. The van der Waals surface area contributed by atoms with Crippen LogP contribution in [0.5, 0.6) is 11.5 Å². The first-order valence-electron chi connectivity index (χ1n) is 8.86. The molecule has 2 atom stereocenters. The van der Waals surface area contributed by atoms with E-state index in [1.165, 1.54) is 11.6 Å². The van der Waals surface area contributed by atoms with Crippen LogP contribution in [-0.4, -0.2) is 23.2 Å². The third-order valence-corrected chi connectivity index (χ3v) is 5.92. The molecule has 0 amide bonds. The van der Waals surface area contributed by atoms with Gasteiger partial charge in [0.2, 0.25) is 0 Å². The van der Waals surface area contributed by atoms with Gasteiger partial charge in [-0.3, -0.25) is 4.55 Å². The van der Waals surface area contributed by atoms with Crippen LogP contribution in [-0.2, 0) is 10.1 Å². The van der Waals surface area contributed by atoms with Crippen molar-refractivity contribution < 1.29 is 23.2 Å². The number of aromatic hydroxyl groups is 2. The summed E-state index contributed by atoms with van der Waals surface area (Å²) in [5.41, 5.74) is 3.38. The quantitative estimate of drug-likeness (QED) is 0.430. The molecule has 146 valence electrons. The third kappa shape index (κ3) is 4.03. The van der Waals surface area contributed by atoms with E-state index in [0.717, 1.165) is 17.2 Å². The topological polar surface area (TPSA) is 94.8 Å². The van der Waals surface area contributed by atoms with E-state index in [2.05, 4.69) is 19.1 Å². The average Bonchev–Trinajstić information content (AvgIpc) is 2.69. The van der Waals surface area contributed by atoms with Crippen molar-refractivity contribution in [1.29, 1.82) is 0 Å². The van der Waals surface area contributed by atoms with Crippen LogP contribution in [0.3, 0.4) is 0 Å². The summed E-state index contributed by atoms with van der Waals surface area (Å²) in [6.45, 7) is 3.91. The highest BCUT2D eigenvalue weighted by Crippen LogP contribution is 2.39. The van der Waals surface area contributed by atoms with Crippen molar-refractivity contribution in [1.82, 2.24) is 0 Å². The second kappa shape index (κ2) is 7.66. The van der Waals surface area contributed by atoms with Gasteiger partial charge in [-0.1, -0.05) is 68.4 Å². The van der Waals surface area contributed by atoms with E-state index in [-0.39, 0.29) is 11.5 Å². The standard InChI is InChI=1S/C22H22O5S/c1-14(16-6-4-3-5-7-16)17-8-10-18(11-9-17)15(2)20-12-19(28(25,26)27)13-21(23)22(20)24/h3-15,23-24H,1-2H3,(H,25,26,27). The minimum Gasteiger partial charge on any atom is -0.504 e. The second-order valence-corrected chi connectivity index (χ2v) is 8.30. The van der Waals surface area contributed by atoms with Crippen LogP contribution in [0, 0.1) is 0 Å². The van der Waals surface area contributed by atoms with Crippen molar-refractivity contribution in [2.75, 3.05) is 0 Å². The highest BCUT2D eigenvalue weighted by atomic mass is 32.2. The molecule has 5 nitrogen and oxygen atoms in total. The molecule has 0 saturated carbocycles. The van der Waals surface area contributed by atoms with Gasteiger partial charge in [0.25, 0.3) is 10.1 Å². The summed E-state index contributed by atoms with van der Waals surface area (Å²) >= 11 is 0. The number of hydrogen-bond acceptors (Lipinski definition) is 4. The maximum Gasteiger partial charge on any atom is 0.294 e. The number of phenols is 2. The molecule has 28 heavy (non-hydrogen) atoms. The fourth-order valence-corrected chi connectivity index (χ4v) is 3.82. The van der Waals surface area contributed by atoms with Crippen molar-refractivity contribution in [3.05, 3.63) is 89.0 Å². The van der Waals surface area contributed by atoms with Gasteiger partial charge in [0.15, 0.2) is 11.5 Å². The summed E-state index contributed by atoms with van der Waals surface area (Å²) in [4.78, 5) is -0.459. The van der Waals surface area contributed by atoms with Gasteiger partial charge in [-0.2, -0.15) is 8.42 Å². The van der Waals surface area contributed by atoms with E-state index in [1.54, 1.807) is 6.92 Å². The van der Waals surface area contributed by atoms with Crippen LogP contribution >= 0.6 is 0 Å². The lowest BCUT2D eigenvalue weighted by Gasteiger charge is -2.18. The fourth-order valence-electron chi connectivity index (χ4n) is 3.28. The zero-order chi connectivity index (χ0) is 20.5. The maximum absolute atomic E-state index is 11.4. The minimum absolute atomic E-state index is 0.214. The third-order valence-electron chi connectivity index (χ3n) is 5.09. The largest absolute Gasteiger partial charge is 0.504 e. The molecule has 0 heterocycles. The van der Waals surface area contributed by atoms with E-state index < -0.39 is 32.4 Å². The van der Waals surface area contributed by atoms with Gasteiger partial charge in [-0.25, -0.2) is 0 Å². The monoisotopic (exact) mass is 398 g/mol. The molecule has 0 fully saturated rings. The molecular weight excluding hydrogens is 376 g/mol.